The fraction of sp³-hybridized carbons (Fsp3) is 0.412. The van der Waals surface area contributed by atoms with Crippen LogP contribution in [0.5, 0.6) is 0 Å². The topological polar surface area (TPSA) is 65.7 Å². The molecule has 1 aliphatic heterocycles. The molecular formula is C17H20ClN5. The van der Waals surface area contributed by atoms with Gasteiger partial charge in [0, 0.05) is 48.8 Å². The van der Waals surface area contributed by atoms with Crippen LogP contribution in [-0.2, 0) is 7.05 Å². The summed E-state index contributed by atoms with van der Waals surface area (Å²) in [5.41, 5.74) is 4.34. The summed E-state index contributed by atoms with van der Waals surface area (Å²) in [5, 5.41) is 19.3. The smallest absolute Gasteiger partial charge is 0.0770 e. The second-order valence-electron chi connectivity index (χ2n) is 6.84. The maximum Gasteiger partial charge on any atom is 0.0770 e. The number of rotatable bonds is 4. The van der Waals surface area contributed by atoms with Crippen molar-refractivity contribution in [3.63, 3.8) is 0 Å². The number of nitrogens with zero attached hydrogens (tertiary/aromatic N) is 2. The third-order valence-electron chi connectivity index (χ3n) is 5.11. The Labute approximate surface area is 140 Å². The lowest BCUT2D eigenvalue weighted by Crippen LogP contribution is -2.59. The number of halogens is 1. The van der Waals surface area contributed by atoms with Gasteiger partial charge >= 0.3 is 0 Å². The molecule has 4 rings (SSSR count). The molecule has 1 spiro atoms. The van der Waals surface area contributed by atoms with E-state index >= 15 is 0 Å². The summed E-state index contributed by atoms with van der Waals surface area (Å²) >= 11 is 6.49. The van der Waals surface area contributed by atoms with Gasteiger partial charge in [0.25, 0.3) is 0 Å². The van der Waals surface area contributed by atoms with Crippen molar-refractivity contribution in [2.75, 3.05) is 18.4 Å². The molecule has 5 nitrogen and oxygen atoms in total. The van der Waals surface area contributed by atoms with Crippen LogP contribution in [0.15, 0.2) is 24.5 Å². The van der Waals surface area contributed by atoms with Crippen LogP contribution in [0.2, 0.25) is 5.02 Å². The first kappa shape index (κ1) is 14.7. The monoisotopic (exact) mass is 329 g/mol. The Balaban J connectivity index is 1.62. The number of hydrogen-bond acceptors (Lipinski definition) is 4. The van der Waals surface area contributed by atoms with Crippen LogP contribution in [0.25, 0.3) is 0 Å². The first-order chi connectivity index (χ1) is 11.1. The van der Waals surface area contributed by atoms with Crippen molar-refractivity contribution in [3.8, 4) is 0 Å². The largest absolute Gasteiger partial charge is 0.352 e. The van der Waals surface area contributed by atoms with E-state index in [-0.39, 0.29) is 0 Å². The summed E-state index contributed by atoms with van der Waals surface area (Å²) < 4.78 is 1.75. The predicted octanol–water partition coefficient (Wildman–Crippen LogP) is 3.28. The summed E-state index contributed by atoms with van der Waals surface area (Å²) in [7, 11) is 1.89. The molecule has 1 aromatic heterocycles. The molecule has 1 aliphatic carbocycles. The van der Waals surface area contributed by atoms with Crippen LogP contribution in [0.4, 0.5) is 11.4 Å². The summed E-state index contributed by atoms with van der Waals surface area (Å²) in [6.45, 7) is 2.28. The van der Waals surface area contributed by atoms with Gasteiger partial charge in [0.1, 0.15) is 0 Å². The Kier molecular flexibility index (Phi) is 3.43. The molecule has 2 heterocycles. The highest BCUT2D eigenvalue weighted by Crippen LogP contribution is 2.54. The lowest BCUT2D eigenvalue weighted by Gasteiger charge is -2.54. The number of aryl methyl sites for hydroxylation is 1. The molecule has 2 aromatic rings. The van der Waals surface area contributed by atoms with E-state index in [4.69, 9.17) is 17.0 Å². The van der Waals surface area contributed by atoms with Crippen LogP contribution in [-0.4, -0.2) is 29.1 Å². The van der Waals surface area contributed by atoms with Gasteiger partial charge in [-0.3, -0.25) is 4.68 Å². The Hall–Kier alpha value is -1.85. The third-order valence-corrected chi connectivity index (χ3v) is 5.43. The molecule has 1 aromatic carbocycles. The average Bonchev–Trinajstić information content (AvgIpc) is 2.84. The Morgan fingerprint density at radius 2 is 2.22 bits per heavy atom. The van der Waals surface area contributed by atoms with Gasteiger partial charge in [0.15, 0.2) is 0 Å². The number of aromatic nitrogens is 2. The van der Waals surface area contributed by atoms with E-state index in [0.717, 1.165) is 35.1 Å². The molecule has 0 bridgehead atoms. The minimum Gasteiger partial charge on any atom is -0.352 e. The highest BCUT2D eigenvalue weighted by molar-refractivity contribution is 6.32. The van der Waals surface area contributed by atoms with Crippen LogP contribution in [0, 0.1) is 10.8 Å². The average molecular weight is 330 g/mol. The Morgan fingerprint density at radius 1 is 1.43 bits per heavy atom. The molecule has 0 amide bonds. The molecule has 6 heteroatoms. The first-order valence-corrected chi connectivity index (χ1v) is 8.27. The normalized spacial score (nSPS) is 19.2. The molecule has 0 atom stereocenters. The molecule has 1 saturated carbocycles. The zero-order valence-corrected chi connectivity index (χ0v) is 13.8. The van der Waals surface area contributed by atoms with Gasteiger partial charge in [-0.15, -0.1) is 0 Å². The first-order valence-electron chi connectivity index (χ1n) is 7.89. The van der Waals surface area contributed by atoms with Crippen LogP contribution >= 0.6 is 11.6 Å². The van der Waals surface area contributed by atoms with Crippen molar-refractivity contribution in [1.29, 1.82) is 5.41 Å². The molecule has 2 aliphatic rings. The highest BCUT2D eigenvalue weighted by Gasteiger charge is 2.49. The van der Waals surface area contributed by atoms with Crippen molar-refractivity contribution >= 4 is 29.2 Å². The van der Waals surface area contributed by atoms with Crippen molar-refractivity contribution in [2.45, 2.75) is 18.8 Å². The van der Waals surface area contributed by atoms with Gasteiger partial charge in [-0.1, -0.05) is 11.6 Å². The van der Waals surface area contributed by atoms with E-state index in [9.17, 15) is 0 Å². The van der Waals surface area contributed by atoms with E-state index < -0.39 is 0 Å². The molecule has 0 unspecified atom stereocenters. The number of anilines is 2. The van der Waals surface area contributed by atoms with Gasteiger partial charge in [-0.2, -0.15) is 5.10 Å². The molecule has 120 valence electrons. The number of nitrogens with one attached hydrogen (secondary N) is 3. The minimum absolute atomic E-state index is 0.519. The Morgan fingerprint density at radius 3 is 2.78 bits per heavy atom. The van der Waals surface area contributed by atoms with E-state index in [1.807, 2.05) is 19.3 Å². The minimum atomic E-state index is 0.519. The molecule has 1 saturated heterocycles. The summed E-state index contributed by atoms with van der Waals surface area (Å²) in [6.07, 6.45) is 7.44. The second kappa shape index (κ2) is 5.35. The van der Waals surface area contributed by atoms with Crippen molar-refractivity contribution in [2.24, 2.45) is 12.5 Å². The predicted molar refractivity (Wildman–Crippen MR) is 93.1 cm³/mol. The van der Waals surface area contributed by atoms with Crippen LogP contribution in [0.1, 0.15) is 29.9 Å². The number of benzene rings is 1. The lowest BCUT2D eigenvalue weighted by molar-refractivity contribution is 0.0363. The van der Waals surface area contributed by atoms with Crippen molar-refractivity contribution in [1.82, 2.24) is 15.1 Å². The maximum atomic E-state index is 7.64. The second-order valence-corrected chi connectivity index (χ2v) is 7.25. The Bertz CT molecular complexity index is 754. The van der Waals surface area contributed by atoms with Crippen molar-refractivity contribution < 1.29 is 0 Å². The SMILES string of the molecule is Cn1cc(Nc2cc(C3CC4(CNC4)C3)c(Cl)cc2C=N)cn1. The fourth-order valence-electron chi connectivity index (χ4n) is 3.76. The van der Waals surface area contributed by atoms with Gasteiger partial charge in [-0.05, 0) is 41.9 Å². The van der Waals surface area contributed by atoms with E-state index in [1.54, 1.807) is 10.9 Å². The maximum absolute atomic E-state index is 7.64. The van der Waals surface area contributed by atoms with Crippen molar-refractivity contribution in [3.05, 3.63) is 40.7 Å². The van der Waals surface area contributed by atoms with Gasteiger partial charge in [0.05, 0.1) is 11.9 Å². The standard InChI is InChI=1S/C17H20ClN5/c1-23-8-13(7-21-23)22-16-3-14(15(18)2-11(16)6-19)12-4-17(5-12)9-20-10-17/h2-3,6-8,12,19-20,22H,4-5,9-10H2,1H3. The summed E-state index contributed by atoms with van der Waals surface area (Å²) in [5.74, 6) is 0.527. The van der Waals surface area contributed by atoms with Crippen LogP contribution < -0.4 is 10.6 Å². The molecule has 0 radical (unpaired) electrons. The highest BCUT2D eigenvalue weighted by atomic mass is 35.5. The third kappa shape index (κ3) is 2.54. The molecule has 23 heavy (non-hydrogen) atoms. The summed E-state index contributed by atoms with van der Waals surface area (Å²) in [4.78, 5) is 0. The van der Waals surface area contributed by atoms with Crippen LogP contribution in [0.3, 0.4) is 0 Å². The summed E-state index contributed by atoms with van der Waals surface area (Å²) in [6, 6.07) is 4.01. The van der Waals surface area contributed by atoms with E-state index in [2.05, 4.69) is 21.8 Å². The quantitative estimate of drug-likeness (QED) is 0.754. The zero-order chi connectivity index (χ0) is 16.0. The van der Waals surface area contributed by atoms with E-state index in [0.29, 0.717) is 11.3 Å². The molecule has 3 N–H and O–H groups in total. The lowest BCUT2D eigenvalue weighted by atomic mass is 9.57. The van der Waals surface area contributed by atoms with Gasteiger partial charge < -0.3 is 16.0 Å². The molecular weight excluding hydrogens is 310 g/mol. The molecule has 2 fully saturated rings. The van der Waals surface area contributed by atoms with E-state index in [1.165, 1.54) is 24.6 Å². The fourth-order valence-corrected chi connectivity index (χ4v) is 4.09. The zero-order valence-electron chi connectivity index (χ0n) is 13.1. The van der Waals surface area contributed by atoms with Gasteiger partial charge in [0.2, 0.25) is 0 Å². The number of hydrogen-bond donors (Lipinski definition) is 3. The van der Waals surface area contributed by atoms with Gasteiger partial charge in [-0.25, -0.2) is 0 Å².